The maximum absolute atomic E-state index is 5.22. The summed E-state index contributed by atoms with van der Waals surface area (Å²) in [7, 11) is 0. The highest BCUT2D eigenvalue weighted by Gasteiger charge is 2.27. The number of benzene rings is 5. The van der Waals surface area contributed by atoms with Crippen LogP contribution in [0.15, 0.2) is 127 Å². The van der Waals surface area contributed by atoms with Gasteiger partial charge in [-0.15, -0.1) is 0 Å². The molecular formula is C39H29N5. The van der Waals surface area contributed by atoms with Gasteiger partial charge >= 0.3 is 0 Å². The molecule has 5 nitrogen and oxygen atoms in total. The van der Waals surface area contributed by atoms with Crippen LogP contribution in [-0.4, -0.2) is 24.1 Å². The minimum atomic E-state index is 0.676. The van der Waals surface area contributed by atoms with E-state index < -0.39 is 0 Å². The Bertz CT molecular complexity index is 2260. The third-order valence-corrected chi connectivity index (χ3v) is 8.97. The zero-order valence-electron chi connectivity index (χ0n) is 24.2. The van der Waals surface area contributed by atoms with Gasteiger partial charge in [-0.05, 0) is 55.5 Å². The maximum Gasteiger partial charge on any atom is 0.238 e. The molecule has 0 saturated carbocycles. The van der Waals surface area contributed by atoms with Gasteiger partial charge in [0.1, 0.15) is 0 Å². The molecule has 1 aliphatic rings. The predicted molar refractivity (Wildman–Crippen MR) is 179 cm³/mol. The molecule has 1 aliphatic carbocycles. The summed E-state index contributed by atoms with van der Waals surface area (Å²) in [6.07, 6.45) is 4.40. The van der Waals surface area contributed by atoms with Gasteiger partial charge in [0.15, 0.2) is 11.6 Å². The van der Waals surface area contributed by atoms with Gasteiger partial charge in [-0.2, -0.15) is 9.97 Å². The quantitative estimate of drug-likeness (QED) is 0.213. The summed E-state index contributed by atoms with van der Waals surface area (Å²) < 4.78 is 4.76. The Morgan fingerprint density at radius 1 is 0.477 bits per heavy atom. The van der Waals surface area contributed by atoms with Crippen LogP contribution < -0.4 is 0 Å². The van der Waals surface area contributed by atoms with Gasteiger partial charge in [0.05, 0.1) is 16.6 Å². The van der Waals surface area contributed by atoms with Crippen molar-refractivity contribution in [2.45, 2.75) is 25.7 Å². The minimum Gasteiger partial charge on any atom is -0.309 e. The van der Waals surface area contributed by atoms with E-state index in [0.29, 0.717) is 17.6 Å². The Morgan fingerprint density at radius 3 is 1.80 bits per heavy atom. The third-order valence-electron chi connectivity index (χ3n) is 8.97. The van der Waals surface area contributed by atoms with Crippen LogP contribution in [0.3, 0.4) is 0 Å². The fraction of sp³-hybridized carbons (Fsp3) is 0.103. The van der Waals surface area contributed by atoms with Gasteiger partial charge in [0, 0.05) is 38.7 Å². The van der Waals surface area contributed by atoms with E-state index in [0.717, 1.165) is 36.1 Å². The molecular weight excluding hydrogens is 538 g/mol. The van der Waals surface area contributed by atoms with Crippen molar-refractivity contribution in [3.63, 3.8) is 0 Å². The highest BCUT2D eigenvalue weighted by molar-refractivity contribution is 6.21. The van der Waals surface area contributed by atoms with Crippen LogP contribution in [0.2, 0.25) is 0 Å². The first kappa shape index (κ1) is 25.0. The van der Waals surface area contributed by atoms with Gasteiger partial charge in [-0.1, -0.05) is 103 Å². The van der Waals surface area contributed by atoms with E-state index in [1.807, 2.05) is 36.4 Å². The van der Waals surface area contributed by atoms with Gasteiger partial charge in [-0.25, -0.2) is 4.98 Å². The van der Waals surface area contributed by atoms with E-state index in [9.17, 15) is 0 Å². The second kappa shape index (κ2) is 10.0. The Labute approximate surface area is 255 Å². The standard InChI is InChI=1S/C39H29N5/c1-4-14-26(15-5-1)37-40-38(27-16-6-2-7-17-27)42-39(41-37)44-32-22-12-10-20-29(32)30-24-25-34-35(36(30)44)31-21-11-13-23-33(31)43(34)28-18-8-3-9-19-28/h1-9,11,13-19,21,23-25H,10,12,20,22H2. The predicted octanol–water partition coefficient (Wildman–Crippen LogP) is 9.13. The van der Waals surface area contributed by atoms with Gasteiger partial charge in [0.25, 0.3) is 0 Å². The molecule has 0 unspecified atom stereocenters. The molecule has 8 aromatic rings. The lowest BCUT2D eigenvalue weighted by Gasteiger charge is -2.16. The summed E-state index contributed by atoms with van der Waals surface area (Å²) in [4.78, 5) is 15.4. The van der Waals surface area contributed by atoms with Crippen molar-refractivity contribution in [2.24, 2.45) is 0 Å². The zero-order valence-corrected chi connectivity index (χ0v) is 24.2. The summed E-state index contributed by atoms with van der Waals surface area (Å²) in [6.45, 7) is 0. The monoisotopic (exact) mass is 567 g/mol. The van der Waals surface area contributed by atoms with Gasteiger partial charge in [-0.3, -0.25) is 4.57 Å². The molecule has 0 bridgehead atoms. The maximum atomic E-state index is 5.22. The summed E-state index contributed by atoms with van der Waals surface area (Å²) in [5.41, 5.74) is 9.41. The normalized spacial score (nSPS) is 13.1. The topological polar surface area (TPSA) is 48.5 Å². The number of rotatable bonds is 4. The molecule has 9 rings (SSSR count). The Kier molecular flexibility index (Phi) is 5.69. The summed E-state index contributed by atoms with van der Waals surface area (Å²) in [6, 6.07) is 44.5. The van der Waals surface area contributed by atoms with Crippen molar-refractivity contribution in [1.82, 2.24) is 24.1 Å². The second-order valence-corrected chi connectivity index (χ2v) is 11.5. The lowest BCUT2D eigenvalue weighted by atomic mass is 9.95. The van der Waals surface area contributed by atoms with Crippen LogP contribution in [0.4, 0.5) is 0 Å². The van der Waals surface area contributed by atoms with Crippen LogP contribution in [0.1, 0.15) is 24.1 Å². The first-order chi connectivity index (χ1) is 21.8. The second-order valence-electron chi connectivity index (χ2n) is 11.5. The van der Waals surface area contributed by atoms with Crippen molar-refractivity contribution < 1.29 is 0 Å². The highest BCUT2D eigenvalue weighted by atomic mass is 15.2. The largest absolute Gasteiger partial charge is 0.309 e. The highest BCUT2D eigenvalue weighted by Crippen LogP contribution is 2.42. The fourth-order valence-electron chi connectivity index (χ4n) is 7.05. The Morgan fingerprint density at radius 2 is 1.09 bits per heavy atom. The van der Waals surface area contributed by atoms with Crippen LogP contribution in [-0.2, 0) is 12.8 Å². The van der Waals surface area contributed by atoms with Gasteiger partial charge in [0.2, 0.25) is 5.95 Å². The summed E-state index contributed by atoms with van der Waals surface area (Å²) in [5.74, 6) is 2.04. The van der Waals surface area contributed by atoms with Gasteiger partial charge < -0.3 is 4.57 Å². The minimum absolute atomic E-state index is 0.676. The SMILES string of the molecule is c1ccc(-c2nc(-c3ccccc3)nc(-n3c4c(c5ccc6c(c7ccccc7n6-c6ccccc6)c53)CCCC4)n2)cc1. The van der Waals surface area contributed by atoms with E-state index in [-0.39, 0.29) is 0 Å². The van der Waals surface area contributed by atoms with Crippen LogP contribution in [0.5, 0.6) is 0 Å². The third kappa shape index (κ3) is 3.82. The molecule has 44 heavy (non-hydrogen) atoms. The molecule has 5 heteroatoms. The number of aromatic nitrogens is 5. The van der Waals surface area contributed by atoms with Crippen molar-refractivity contribution in [3.8, 4) is 34.4 Å². The van der Waals surface area contributed by atoms with E-state index >= 15 is 0 Å². The number of aryl methyl sites for hydroxylation is 1. The lowest BCUT2D eigenvalue weighted by Crippen LogP contribution is -2.11. The molecule has 0 fully saturated rings. The Hall–Kier alpha value is -5.55. The molecule has 0 radical (unpaired) electrons. The Balaban J connectivity index is 1.43. The number of hydrogen-bond donors (Lipinski definition) is 0. The first-order valence-corrected chi connectivity index (χ1v) is 15.4. The molecule has 5 aromatic carbocycles. The molecule has 0 spiro atoms. The van der Waals surface area contributed by atoms with E-state index in [1.54, 1.807) is 0 Å². The molecule has 0 N–H and O–H groups in total. The number of fused-ring (bicyclic) bond motifs is 7. The molecule has 210 valence electrons. The summed E-state index contributed by atoms with van der Waals surface area (Å²) >= 11 is 0. The number of nitrogens with zero attached hydrogens (tertiary/aromatic N) is 5. The number of para-hydroxylation sites is 2. The number of hydrogen-bond acceptors (Lipinski definition) is 3. The molecule has 3 aromatic heterocycles. The van der Waals surface area contributed by atoms with Crippen molar-refractivity contribution in [1.29, 1.82) is 0 Å². The molecule has 0 atom stereocenters. The average molecular weight is 568 g/mol. The lowest BCUT2D eigenvalue weighted by molar-refractivity contribution is 0.661. The molecule has 0 amide bonds. The van der Waals surface area contributed by atoms with Crippen molar-refractivity contribution in [3.05, 3.63) is 139 Å². The molecule has 0 saturated heterocycles. The van der Waals surface area contributed by atoms with E-state index in [1.165, 1.54) is 50.4 Å². The first-order valence-electron chi connectivity index (χ1n) is 15.4. The van der Waals surface area contributed by atoms with E-state index in [2.05, 4.69) is 100 Å². The van der Waals surface area contributed by atoms with Crippen LogP contribution in [0.25, 0.3) is 67.1 Å². The van der Waals surface area contributed by atoms with Crippen molar-refractivity contribution in [2.75, 3.05) is 0 Å². The van der Waals surface area contributed by atoms with Crippen molar-refractivity contribution >= 4 is 32.7 Å². The van der Waals surface area contributed by atoms with Crippen LogP contribution in [0, 0.1) is 0 Å². The summed E-state index contributed by atoms with van der Waals surface area (Å²) in [5, 5.41) is 3.76. The smallest absolute Gasteiger partial charge is 0.238 e. The molecule has 3 heterocycles. The fourth-order valence-corrected chi connectivity index (χ4v) is 7.05. The average Bonchev–Trinajstić information content (AvgIpc) is 3.62. The zero-order chi connectivity index (χ0) is 29.0. The molecule has 0 aliphatic heterocycles. The van der Waals surface area contributed by atoms with E-state index in [4.69, 9.17) is 15.0 Å². The van der Waals surface area contributed by atoms with Crippen LogP contribution >= 0.6 is 0 Å².